The highest BCUT2D eigenvalue weighted by Gasteiger charge is 2.45. The average Bonchev–Trinajstić information content (AvgIpc) is 4.00. The first-order valence-corrected chi connectivity index (χ1v) is 18.9. The van der Waals surface area contributed by atoms with Crippen LogP contribution >= 0.6 is 0 Å². The SMILES string of the molecule is Cn1cnnc1C[C@@H](c1cccc(N2Cc3c(cccc3C(F)(F)F)C2=O)c1)C(F)(F)F.Cn1cnnc1C[C@H](c1cccc(N2Cc3c(cccc3C(F)(F)F)C2=O)c1)C(F)(F)F. The van der Waals surface area contributed by atoms with E-state index in [9.17, 15) is 62.3 Å². The zero-order valence-corrected chi connectivity index (χ0v) is 33.2. The number of aromatic nitrogens is 6. The molecule has 336 valence electrons. The van der Waals surface area contributed by atoms with Crippen LogP contribution in [-0.4, -0.2) is 53.7 Å². The summed E-state index contributed by atoms with van der Waals surface area (Å²) in [7, 11) is 3.05. The summed E-state index contributed by atoms with van der Waals surface area (Å²) < 4.78 is 166. The van der Waals surface area contributed by atoms with E-state index in [-0.39, 0.29) is 69.5 Å². The van der Waals surface area contributed by atoms with Crippen molar-refractivity contribution in [2.45, 2.75) is 62.5 Å². The normalized spacial score (nSPS) is 15.2. The zero-order chi connectivity index (χ0) is 46.5. The van der Waals surface area contributed by atoms with Gasteiger partial charge in [-0.05, 0) is 70.8 Å². The van der Waals surface area contributed by atoms with Gasteiger partial charge in [-0.2, -0.15) is 52.7 Å². The Labute approximate surface area is 354 Å². The van der Waals surface area contributed by atoms with Gasteiger partial charge in [-0.1, -0.05) is 36.4 Å². The van der Waals surface area contributed by atoms with Gasteiger partial charge < -0.3 is 18.9 Å². The fraction of sp³-hybridized carbons (Fsp3) is 0.286. The lowest BCUT2D eigenvalue weighted by Crippen LogP contribution is -2.26. The first-order valence-electron chi connectivity index (χ1n) is 18.9. The molecule has 0 unspecified atom stereocenters. The van der Waals surface area contributed by atoms with E-state index < -0.39 is 72.3 Å². The molecule has 8 rings (SSSR count). The molecule has 4 heterocycles. The number of fused-ring (bicyclic) bond motifs is 2. The molecule has 4 aromatic carbocycles. The first kappa shape index (κ1) is 45.3. The van der Waals surface area contributed by atoms with Crippen molar-refractivity contribution in [3.8, 4) is 0 Å². The van der Waals surface area contributed by atoms with Crippen molar-refractivity contribution >= 4 is 23.2 Å². The maximum atomic E-state index is 13.9. The van der Waals surface area contributed by atoms with Gasteiger partial charge in [0.15, 0.2) is 0 Å². The third-order valence-corrected chi connectivity index (χ3v) is 10.9. The topological polar surface area (TPSA) is 102 Å². The number of halogens is 12. The Balaban J connectivity index is 0.000000191. The Kier molecular flexibility index (Phi) is 11.9. The Morgan fingerprint density at radius 2 is 0.891 bits per heavy atom. The molecular formula is C42H32F12N8O2. The molecular weight excluding hydrogens is 876 g/mol. The van der Waals surface area contributed by atoms with Crippen molar-refractivity contribution in [2.24, 2.45) is 14.1 Å². The molecule has 2 aliphatic heterocycles. The lowest BCUT2D eigenvalue weighted by Gasteiger charge is -2.23. The van der Waals surface area contributed by atoms with Crippen LogP contribution < -0.4 is 9.80 Å². The summed E-state index contributed by atoms with van der Waals surface area (Å²) in [6, 6.07) is 17.0. The molecule has 0 saturated heterocycles. The minimum absolute atomic E-state index is 0.0871. The predicted octanol–water partition coefficient (Wildman–Crippen LogP) is 9.77. The second kappa shape index (κ2) is 16.8. The fourth-order valence-electron chi connectivity index (χ4n) is 7.63. The molecule has 0 radical (unpaired) electrons. The van der Waals surface area contributed by atoms with Gasteiger partial charge in [0.2, 0.25) is 0 Å². The monoisotopic (exact) mass is 908 g/mol. The number of nitrogens with zero attached hydrogens (tertiary/aromatic N) is 8. The summed E-state index contributed by atoms with van der Waals surface area (Å²) in [5, 5.41) is 14.6. The molecule has 2 aromatic heterocycles. The van der Waals surface area contributed by atoms with Crippen molar-refractivity contribution in [2.75, 3.05) is 9.80 Å². The second-order valence-corrected chi connectivity index (χ2v) is 14.9. The highest BCUT2D eigenvalue weighted by atomic mass is 19.4. The maximum Gasteiger partial charge on any atom is 0.416 e. The number of anilines is 2. The van der Waals surface area contributed by atoms with Gasteiger partial charge in [-0.15, -0.1) is 20.4 Å². The smallest absolute Gasteiger partial charge is 0.321 e. The summed E-state index contributed by atoms with van der Waals surface area (Å²) in [4.78, 5) is 27.6. The molecule has 0 saturated carbocycles. The van der Waals surface area contributed by atoms with E-state index in [0.717, 1.165) is 34.1 Å². The van der Waals surface area contributed by atoms with Crippen molar-refractivity contribution in [1.82, 2.24) is 29.5 Å². The van der Waals surface area contributed by atoms with Gasteiger partial charge in [-0.25, -0.2) is 0 Å². The second-order valence-electron chi connectivity index (χ2n) is 14.9. The maximum absolute atomic E-state index is 13.9. The number of carbonyl (C=O) groups excluding carboxylic acids is 2. The Bertz CT molecular complexity index is 2520. The van der Waals surface area contributed by atoms with Crippen LogP contribution in [0.15, 0.2) is 97.6 Å². The molecule has 0 aliphatic carbocycles. The Morgan fingerprint density at radius 3 is 1.20 bits per heavy atom. The number of alkyl halides is 12. The molecule has 10 nitrogen and oxygen atoms in total. The van der Waals surface area contributed by atoms with Crippen molar-refractivity contribution < 1.29 is 62.3 Å². The molecule has 6 aromatic rings. The highest BCUT2D eigenvalue weighted by Crippen LogP contribution is 2.43. The van der Waals surface area contributed by atoms with E-state index in [4.69, 9.17) is 0 Å². The predicted molar refractivity (Wildman–Crippen MR) is 204 cm³/mol. The van der Waals surface area contributed by atoms with Gasteiger partial charge in [0, 0.05) is 49.4 Å². The number of carbonyl (C=O) groups is 2. The Hall–Kier alpha value is -6.74. The molecule has 0 fully saturated rings. The van der Waals surface area contributed by atoms with Crippen LogP contribution in [0.25, 0.3) is 0 Å². The van der Waals surface area contributed by atoms with Crippen LogP contribution in [0.1, 0.15) is 77.6 Å². The van der Waals surface area contributed by atoms with Crippen molar-refractivity contribution in [3.63, 3.8) is 0 Å². The minimum atomic E-state index is -4.65. The quantitative estimate of drug-likeness (QED) is 0.141. The molecule has 2 atom stereocenters. The fourth-order valence-corrected chi connectivity index (χ4v) is 7.63. The molecule has 2 amide bonds. The van der Waals surface area contributed by atoms with Gasteiger partial charge in [0.25, 0.3) is 11.8 Å². The van der Waals surface area contributed by atoms with E-state index in [2.05, 4.69) is 20.4 Å². The number of rotatable bonds is 8. The molecule has 22 heteroatoms. The number of aryl methyl sites for hydroxylation is 2. The number of benzene rings is 4. The molecule has 2 aliphatic rings. The summed E-state index contributed by atoms with van der Waals surface area (Å²) in [5.74, 6) is -5.01. The van der Waals surface area contributed by atoms with Gasteiger partial charge >= 0.3 is 24.7 Å². The molecule has 0 bridgehead atoms. The number of hydrogen-bond acceptors (Lipinski definition) is 6. The van der Waals surface area contributed by atoms with Crippen LogP contribution in [0.3, 0.4) is 0 Å². The number of amides is 2. The third-order valence-electron chi connectivity index (χ3n) is 10.9. The molecule has 0 spiro atoms. The van der Waals surface area contributed by atoms with E-state index in [1.807, 2.05) is 0 Å². The van der Waals surface area contributed by atoms with Crippen LogP contribution in [0.2, 0.25) is 0 Å². The van der Waals surface area contributed by atoms with Gasteiger partial charge in [-0.3, -0.25) is 9.59 Å². The summed E-state index contributed by atoms with van der Waals surface area (Å²) in [6.07, 6.45) is -16.9. The highest BCUT2D eigenvalue weighted by molar-refractivity contribution is 6.11. The zero-order valence-electron chi connectivity index (χ0n) is 33.2. The lowest BCUT2D eigenvalue weighted by molar-refractivity contribution is -0.151. The van der Waals surface area contributed by atoms with E-state index in [1.54, 1.807) is 0 Å². The van der Waals surface area contributed by atoms with E-state index in [0.29, 0.717) is 0 Å². The van der Waals surface area contributed by atoms with E-state index in [1.165, 1.54) is 96.5 Å². The van der Waals surface area contributed by atoms with Crippen LogP contribution in [0.5, 0.6) is 0 Å². The summed E-state index contributed by atoms with van der Waals surface area (Å²) >= 11 is 0. The van der Waals surface area contributed by atoms with Crippen LogP contribution in [0.4, 0.5) is 64.1 Å². The first-order chi connectivity index (χ1) is 29.9. The third kappa shape index (κ3) is 9.16. The average molecular weight is 909 g/mol. The molecule has 0 N–H and O–H groups in total. The largest absolute Gasteiger partial charge is 0.416 e. The van der Waals surface area contributed by atoms with Crippen molar-refractivity contribution in [3.05, 3.63) is 154 Å². The molecule has 64 heavy (non-hydrogen) atoms. The number of hydrogen-bond donors (Lipinski definition) is 0. The Morgan fingerprint density at radius 1 is 0.531 bits per heavy atom. The summed E-state index contributed by atoms with van der Waals surface area (Å²) in [6.45, 7) is -0.763. The van der Waals surface area contributed by atoms with Crippen LogP contribution in [0, 0.1) is 0 Å². The van der Waals surface area contributed by atoms with Crippen LogP contribution in [-0.2, 0) is 52.4 Å². The lowest BCUT2D eigenvalue weighted by atomic mass is 9.94. The standard InChI is InChI=1S/2C21H16F6N4O/c2*1-30-11-28-29-18(30)9-17(21(25,26)27)12-4-2-5-13(8-12)31-10-15-14(19(31)32)6-3-7-16(15)20(22,23)24/h2*2-8,11,17H,9-10H2,1H3/t2*17-/m10/s1. The van der Waals surface area contributed by atoms with E-state index >= 15 is 0 Å². The van der Waals surface area contributed by atoms with Crippen molar-refractivity contribution in [1.29, 1.82) is 0 Å². The van der Waals surface area contributed by atoms with Gasteiger partial charge in [0.05, 0.1) is 36.1 Å². The summed E-state index contributed by atoms with van der Waals surface area (Å²) in [5.41, 5.74) is -2.56. The minimum Gasteiger partial charge on any atom is -0.321 e. The van der Waals surface area contributed by atoms with Gasteiger partial charge in [0.1, 0.15) is 24.3 Å².